The Morgan fingerprint density at radius 3 is 2.71 bits per heavy atom. The number of carbonyl (C=O) groups excluding carboxylic acids is 1. The van der Waals surface area contributed by atoms with Crippen LogP contribution in [0.15, 0.2) is 28.8 Å². The number of likely N-dealkylation sites (tertiary alicyclic amines) is 1. The number of hydrogen-bond acceptors (Lipinski definition) is 6. The highest BCUT2D eigenvalue weighted by molar-refractivity contribution is 5.79. The lowest BCUT2D eigenvalue weighted by molar-refractivity contribution is -0.127. The van der Waals surface area contributed by atoms with E-state index in [0.29, 0.717) is 24.8 Å². The topological polar surface area (TPSA) is 80.5 Å². The van der Waals surface area contributed by atoms with Gasteiger partial charge in [-0.05, 0) is 43.2 Å². The first-order valence-electron chi connectivity index (χ1n) is 11.4. The third-order valence-corrected chi connectivity index (χ3v) is 6.24. The number of amides is 1. The molecule has 2 aromatic rings. The van der Waals surface area contributed by atoms with Crippen molar-refractivity contribution in [2.24, 2.45) is 5.92 Å². The maximum absolute atomic E-state index is 12.6. The molecule has 2 aliphatic rings. The SMILES string of the molecule is CC(C)(C)c1ccc(-c2noc(CN3CCCC(C(=O)NCC4CCCO4)C3)n2)cc1. The number of carbonyl (C=O) groups is 1. The first kappa shape index (κ1) is 22.0. The van der Waals surface area contributed by atoms with Crippen molar-refractivity contribution >= 4 is 5.91 Å². The summed E-state index contributed by atoms with van der Waals surface area (Å²) < 4.78 is 11.1. The van der Waals surface area contributed by atoms with Crippen LogP contribution in [-0.4, -0.2) is 53.3 Å². The van der Waals surface area contributed by atoms with Gasteiger partial charge in [-0.25, -0.2) is 0 Å². The van der Waals surface area contributed by atoms with Crippen LogP contribution in [0.4, 0.5) is 0 Å². The van der Waals surface area contributed by atoms with Crippen molar-refractivity contribution in [3.8, 4) is 11.4 Å². The summed E-state index contributed by atoms with van der Waals surface area (Å²) >= 11 is 0. The van der Waals surface area contributed by atoms with E-state index < -0.39 is 0 Å². The second-order valence-corrected chi connectivity index (χ2v) is 9.79. The van der Waals surface area contributed by atoms with Crippen LogP contribution in [0.5, 0.6) is 0 Å². The zero-order valence-corrected chi connectivity index (χ0v) is 18.9. The molecule has 1 aromatic carbocycles. The normalized spacial score (nSPS) is 22.5. The average molecular weight is 427 g/mol. The number of ether oxygens (including phenoxy) is 1. The van der Waals surface area contributed by atoms with Gasteiger partial charge in [-0.3, -0.25) is 9.69 Å². The fourth-order valence-corrected chi connectivity index (χ4v) is 4.32. The molecule has 0 aliphatic carbocycles. The highest BCUT2D eigenvalue weighted by Crippen LogP contribution is 2.25. The van der Waals surface area contributed by atoms with Gasteiger partial charge in [-0.2, -0.15) is 4.98 Å². The fraction of sp³-hybridized carbons (Fsp3) is 0.625. The second-order valence-electron chi connectivity index (χ2n) is 9.79. The lowest BCUT2D eigenvalue weighted by atomic mass is 9.87. The third-order valence-electron chi connectivity index (χ3n) is 6.24. The summed E-state index contributed by atoms with van der Waals surface area (Å²) in [5, 5.41) is 7.24. The van der Waals surface area contributed by atoms with Gasteiger partial charge in [0.2, 0.25) is 17.6 Å². The van der Waals surface area contributed by atoms with Gasteiger partial charge in [0.05, 0.1) is 18.6 Å². The zero-order valence-electron chi connectivity index (χ0n) is 18.9. The highest BCUT2D eigenvalue weighted by Gasteiger charge is 2.28. The maximum atomic E-state index is 12.6. The van der Waals surface area contributed by atoms with E-state index in [4.69, 9.17) is 9.26 Å². The van der Waals surface area contributed by atoms with E-state index in [0.717, 1.165) is 50.9 Å². The molecule has 168 valence electrons. The summed E-state index contributed by atoms with van der Waals surface area (Å²) in [4.78, 5) is 19.4. The van der Waals surface area contributed by atoms with Crippen molar-refractivity contribution in [3.05, 3.63) is 35.7 Å². The van der Waals surface area contributed by atoms with Gasteiger partial charge < -0.3 is 14.6 Å². The van der Waals surface area contributed by atoms with Gasteiger partial charge in [0, 0.05) is 25.3 Å². The Hall–Kier alpha value is -2.25. The second kappa shape index (κ2) is 9.49. The van der Waals surface area contributed by atoms with Crippen LogP contribution in [0.25, 0.3) is 11.4 Å². The van der Waals surface area contributed by atoms with Crippen LogP contribution in [0, 0.1) is 5.92 Å². The summed E-state index contributed by atoms with van der Waals surface area (Å²) in [5.41, 5.74) is 2.34. The van der Waals surface area contributed by atoms with Gasteiger partial charge >= 0.3 is 0 Å². The quantitative estimate of drug-likeness (QED) is 0.761. The number of aromatic nitrogens is 2. The van der Waals surface area contributed by atoms with E-state index >= 15 is 0 Å². The van der Waals surface area contributed by atoms with Gasteiger partial charge in [-0.15, -0.1) is 0 Å². The van der Waals surface area contributed by atoms with Crippen molar-refractivity contribution in [3.63, 3.8) is 0 Å². The smallest absolute Gasteiger partial charge is 0.241 e. The predicted molar refractivity (Wildman–Crippen MR) is 118 cm³/mol. The Labute approximate surface area is 184 Å². The Kier molecular flexibility index (Phi) is 6.72. The molecule has 4 rings (SSSR count). The Morgan fingerprint density at radius 1 is 1.19 bits per heavy atom. The van der Waals surface area contributed by atoms with Crippen LogP contribution >= 0.6 is 0 Å². The summed E-state index contributed by atoms with van der Waals surface area (Å²) in [6.07, 6.45) is 4.22. The molecule has 2 unspecified atom stereocenters. The van der Waals surface area contributed by atoms with E-state index in [1.807, 2.05) is 12.1 Å². The molecule has 0 spiro atoms. The predicted octanol–water partition coefficient (Wildman–Crippen LogP) is 3.54. The van der Waals surface area contributed by atoms with Crippen LogP contribution in [0.2, 0.25) is 0 Å². The van der Waals surface area contributed by atoms with E-state index in [2.05, 4.69) is 53.3 Å². The molecule has 2 aliphatic heterocycles. The first-order chi connectivity index (χ1) is 14.9. The number of nitrogens with one attached hydrogen (secondary N) is 1. The molecular weight excluding hydrogens is 392 g/mol. The summed E-state index contributed by atoms with van der Waals surface area (Å²) in [5.74, 6) is 1.33. The Morgan fingerprint density at radius 2 is 2.00 bits per heavy atom. The number of rotatable bonds is 6. The van der Waals surface area contributed by atoms with Gasteiger partial charge in [0.1, 0.15) is 0 Å². The maximum Gasteiger partial charge on any atom is 0.241 e. The standard InChI is InChI=1S/C24H34N4O3/c1-24(2,3)19-10-8-17(9-11-19)22-26-21(31-27-22)16-28-12-4-6-18(15-28)23(29)25-14-20-7-5-13-30-20/h8-11,18,20H,4-7,12-16H2,1-3H3,(H,25,29). The number of benzene rings is 1. The lowest BCUT2D eigenvalue weighted by Crippen LogP contribution is -2.44. The summed E-state index contributed by atoms with van der Waals surface area (Å²) in [7, 11) is 0. The minimum absolute atomic E-state index is 0.00230. The third kappa shape index (κ3) is 5.71. The summed E-state index contributed by atoms with van der Waals surface area (Å²) in [6.45, 7) is 10.3. The monoisotopic (exact) mass is 426 g/mol. The average Bonchev–Trinajstić information content (AvgIpc) is 3.44. The zero-order chi connectivity index (χ0) is 21.8. The summed E-state index contributed by atoms with van der Waals surface area (Å²) in [6, 6.07) is 8.33. The molecule has 2 fully saturated rings. The molecule has 3 heterocycles. The first-order valence-corrected chi connectivity index (χ1v) is 11.4. The van der Waals surface area contributed by atoms with Crippen molar-refractivity contribution < 1.29 is 14.1 Å². The van der Waals surface area contributed by atoms with Gasteiger partial charge in [-0.1, -0.05) is 50.2 Å². The molecule has 7 nitrogen and oxygen atoms in total. The minimum atomic E-state index is 0.00230. The molecule has 7 heteroatoms. The van der Waals surface area contributed by atoms with Gasteiger partial charge in [0.25, 0.3) is 0 Å². The fourth-order valence-electron chi connectivity index (χ4n) is 4.32. The van der Waals surface area contributed by atoms with E-state index in [1.165, 1.54) is 5.56 Å². The van der Waals surface area contributed by atoms with E-state index in [9.17, 15) is 4.79 Å². The van der Waals surface area contributed by atoms with Crippen LogP contribution in [0.1, 0.15) is 57.9 Å². The number of hydrogen-bond donors (Lipinski definition) is 1. The van der Waals surface area contributed by atoms with Crippen LogP contribution in [-0.2, 0) is 21.5 Å². The molecular formula is C24H34N4O3. The highest BCUT2D eigenvalue weighted by atomic mass is 16.5. The molecule has 1 N–H and O–H groups in total. The van der Waals surface area contributed by atoms with E-state index in [1.54, 1.807) is 0 Å². The minimum Gasteiger partial charge on any atom is -0.376 e. The number of nitrogens with zero attached hydrogens (tertiary/aromatic N) is 3. The Balaban J connectivity index is 1.31. The molecule has 2 saturated heterocycles. The molecule has 0 bridgehead atoms. The van der Waals surface area contributed by atoms with Crippen LogP contribution < -0.4 is 5.32 Å². The van der Waals surface area contributed by atoms with Gasteiger partial charge in [0.15, 0.2) is 0 Å². The van der Waals surface area contributed by atoms with Crippen molar-refractivity contribution in [2.45, 2.75) is 64.5 Å². The Bertz CT molecular complexity index is 866. The molecule has 2 atom stereocenters. The van der Waals surface area contributed by atoms with Crippen molar-refractivity contribution in [1.82, 2.24) is 20.4 Å². The van der Waals surface area contributed by atoms with Crippen molar-refractivity contribution in [2.75, 3.05) is 26.2 Å². The van der Waals surface area contributed by atoms with E-state index in [-0.39, 0.29) is 23.3 Å². The molecule has 0 saturated carbocycles. The molecule has 1 aromatic heterocycles. The largest absolute Gasteiger partial charge is 0.376 e. The number of piperidine rings is 1. The molecule has 31 heavy (non-hydrogen) atoms. The van der Waals surface area contributed by atoms with Crippen LogP contribution in [0.3, 0.4) is 0 Å². The van der Waals surface area contributed by atoms with Crippen molar-refractivity contribution in [1.29, 1.82) is 0 Å². The molecule has 1 amide bonds. The molecule has 0 radical (unpaired) electrons. The lowest BCUT2D eigenvalue weighted by Gasteiger charge is -2.31.